The lowest BCUT2D eigenvalue weighted by molar-refractivity contribution is 0.0480. The predicted molar refractivity (Wildman–Crippen MR) is 73.4 cm³/mol. The average Bonchev–Trinajstić information content (AvgIpc) is 2.31. The summed E-state index contributed by atoms with van der Waals surface area (Å²) in [5, 5.41) is 3.52. The zero-order valence-corrected chi connectivity index (χ0v) is 11.5. The third kappa shape index (κ3) is 4.49. The second-order valence-corrected chi connectivity index (χ2v) is 4.46. The Balaban J connectivity index is 2.69. The smallest absolute Gasteiger partial charge is 0.0703 e. The summed E-state index contributed by atoms with van der Waals surface area (Å²) in [6.45, 7) is 10.3. The molecule has 0 aliphatic heterocycles. The molecule has 0 saturated heterocycles. The lowest BCUT2D eigenvalue weighted by Gasteiger charge is -2.25. The van der Waals surface area contributed by atoms with Gasteiger partial charge >= 0.3 is 0 Å². The first-order valence-corrected chi connectivity index (χ1v) is 6.58. The van der Waals surface area contributed by atoms with Crippen molar-refractivity contribution in [2.75, 3.05) is 13.2 Å². The molecule has 0 spiro atoms. The molecule has 2 nitrogen and oxygen atoms in total. The van der Waals surface area contributed by atoms with Gasteiger partial charge in [-0.15, -0.1) is 0 Å². The van der Waals surface area contributed by atoms with E-state index in [1.165, 1.54) is 11.1 Å². The second-order valence-electron chi connectivity index (χ2n) is 4.46. The van der Waals surface area contributed by atoms with E-state index in [-0.39, 0.29) is 6.10 Å². The predicted octanol–water partition coefficient (Wildman–Crippen LogP) is 2.94. The number of nitrogens with one attached hydrogen (secondary N) is 1. The maximum absolute atomic E-state index is 5.71. The Morgan fingerprint density at radius 1 is 1.24 bits per heavy atom. The monoisotopic (exact) mass is 235 g/mol. The topological polar surface area (TPSA) is 21.3 Å². The maximum atomic E-state index is 5.71. The third-order valence-corrected chi connectivity index (χ3v) is 3.16. The summed E-state index contributed by atoms with van der Waals surface area (Å²) in [7, 11) is 0. The van der Waals surface area contributed by atoms with E-state index >= 15 is 0 Å². The second kappa shape index (κ2) is 7.46. The van der Waals surface area contributed by atoms with E-state index in [2.05, 4.69) is 50.4 Å². The highest BCUT2D eigenvalue weighted by atomic mass is 16.5. The van der Waals surface area contributed by atoms with E-state index in [1.54, 1.807) is 0 Å². The summed E-state index contributed by atoms with van der Waals surface area (Å²) in [6.07, 6.45) is 1.28. The van der Waals surface area contributed by atoms with Gasteiger partial charge in [0.1, 0.15) is 0 Å². The van der Waals surface area contributed by atoms with Gasteiger partial charge in [0, 0.05) is 12.6 Å². The van der Waals surface area contributed by atoms with E-state index in [0.29, 0.717) is 6.04 Å². The Morgan fingerprint density at radius 3 is 2.53 bits per heavy atom. The van der Waals surface area contributed by atoms with Crippen LogP contribution in [0.4, 0.5) is 0 Å². The van der Waals surface area contributed by atoms with Crippen LogP contribution in [0.3, 0.4) is 0 Å². The van der Waals surface area contributed by atoms with Gasteiger partial charge in [0.15, 0.2) is 0 Å². The van der Waals surface area contributed by atoms with Gasteiger partial charge in [0.2, 0.25) is 0 Å². The van der Waals surface area contributed by atoms with Crippen molar-refractivity contribution >= 4 is 0 Å². The van der Waals surface area contributed by atoms with E-state index in [4.69, 9.17) is 4.74 Å². The fourth-order valence-electron chi connectivity index (χ4n) is 2.12. The Morgan fingerprint density at radius 2 is 1.94 bits per heavy atom. The van der Waals surface area contributed by atoms with Crippen LogP contribution >= 0.6 is 0 Å². The fourth-order valence-corrected chi connectivity index (χ4v) is 2.12. The van der Waals surface area contributed by atoms with Crippen LogP contribution in [0.15, 0.2) is 24.3 Å². The zero-order chi connectivity index (χ0) is 12.7. The van der Waals surface area contributed by atoms with Crippen molar-refractivity contribution in [1.82, 2.24) is 5.32 Å². The summed E-state index contributed by atoms with van der Waals surface area (Å²) in [4.78, 5) is 0. The number of likely N-dealkylation sites (N-methyl/N-ethyl adjacent to an activating group) is 1. The average molecular weight is 235 g/mol. The molecule has 0 saturated carbocycles. The van der Waals surface area contributed by atoms with E-state index in [9.17, 15) is 0 Å². The van der Waals surface area contributed by atoms with Crippen LogP contribution in [0, 0.1) is 6.92 Å². The van der Waals surface area contributed by atoms with Gasteiger partial charge in [0.05, 0.1) is 6.10 Å². The largest absolute Gasteiger partial charge is 0.377 e. The van der Waals surface area contributed by atoms with Gasteiger partial charge in [-0.25, -0.2) is 0 Å². The van der Waals surface area contributed by atoms with Gasteiger partial charge in [-0.2, -0.15) is 0 Å². The number of aryl methyl sites for hydroxylation is 1. The van der Waals surface area contributed by atoms with Crippen molar-refractivity contribution in [2.24, 2.45) is 0 Å². The van der Waals surface area contributed by atoms with E-state index in [0.717, 1.165) is 19.6 Å². The molecule has 0 aliphatic rings. The third-order valence-electron chi connectivity index (χ3n) is 3.16. The molecule has 1 aromatic carbocycles. The Labute approximate surface area is 105 Å². The van der Waals surface area contributed by atoms with Crippen molar-refractivity contribution in [1.29, 1.82) is 0 Å². The van der Waals surface area contributed by atoms with Crippen LogP contribution in [-0.2, 0) is 11.2 Å². The summed E-state index contributed by atoms with van der Waals surface area (Å²) in [5.41, 5.74) is 2.77. The highest BCUT2D eigenvalue weighted by Gasteiger charge is 2.17. The summed E-state index contributed by atoms with van der Waals surface area (Å²) >= 11 is 0. The zero-order valence-electron chi connectivity index (χ0n) is 11.5. The standard InChI is InChI=1S/C15H25NO/c1-5-16-15(13(4)17-6-2)11-14-10-8-7-9-12(14)3/h7-10,13,15-16H,5-6,11H2,1-4H3. The summed E-state index contributed by atoms with van der Waals surface area (Å²) < 4.78 is 5.71. The fraction of sp³-hybridized carbons (Fsp3) is 0.600. The number of benzene rings is 1. The van der Waals surface area contributed by atoms with Gasteiger partial charge in [-0.3, -0.25) is 0 Å². The minimum absolute atomic E-state index is 0.250. The van der Waals surface area contributed by atoms with E-state index in [1.807, 2.05) is 6.92 Å². The molecule has 1 aromatic rings. The summed E-state index contributed by atoms with van der Waals surface area (Å²) in [5.74, 6) is 0. The number of hydrogen-bond donors (Lipinski definition) is 1. The van der Waals surface area contributed by atoms with Crippen molar-refractivity contribution in [3.05, 3.63) is 35.4 Å². The molecule has 1 rings (SSSR count). The molecule has 0 aromatic heterocycles. The Hall–Kier alpha value is -0.860. The molecule has 2 heteroatoms. The maximum Gasteiger partial charge on any atom is 0.0703 e. The van der Waals surface area contributed by atoms with E-state index < -0.39 is 0 Å². The van der Waals surface area contributed by atoms with Crippen LogP contribution in [0.2, 0.25) is 0 Å². The SMILES string of the molecule is CCNC(Cc1ccccc1C)C(C)OCC. The molecule has 17 heavy (non-hydrogen) atoms. The molecule has 0 bridgehead atoms. The highest BCUT2D eigenvalue weighted by molar-refractivity contribution is 5.26. The van der Waals surface area contributed by atoms with Crippen LogP contribution in [0.25, 0.3) is 0 Å². The first kappa shape index (κ1) is 14.2. The minimum Gasteiger partial charge on any atom is -0.377 e. The van der Waals surface area contributed by atoms with Crippen molar-refractivity contribution < 1.29 is 4.74 Å². The molecule has 0 heterocycles. The van der Waals surface area contributed by atoms with Crippen molar-refractivity contribution in [3.8, 4) is 0 Å². The first-order valence-electron chi connectivity index (χ1n) is 6.58. The molecule has 2 unspecified atom stereocenters. The van der Waals surface area contributed by atoms with Gasteiger partial charge in [-0.1, -0.05) is 31.2 Å². The Kier molecular flexibility index (Phi) is 6.23. The number of ether oxygens (including phenoxy) is 1. The lowest BCUT2D eigenvalue weighted by Crippen LogP contribution is -2.41. The molecule has 0 fully saturated rings. The molecule has 2 atom stereocenters. The highest BCUT2D eigenvalue weighted by Crippen LogP contribution is 2.12. The van der Waals surface area contributed by atoms with Gasteiger partial charge in [0.25, 0.3) is 0 Å². The molecule has 96 valence electrons. The molecule has 0 amide bonds. The van der Waals surface area contributed by atoms with Crippen molar-refractivity contribution in [2.45, 2.75) is 46.3 Å². The van der Waals surface area contributed by atoms with Gasteiger partial charge < -0.3 is 10.1 Å². The van der Waals surface area contributed by atoms with Crippen LogP contribution < -0.4 is 5.32 Å². The molecule has 0 radical (unpaired) electrons. The lowest BCUT2D eigenvalue weighted by atomic mass is 9.98. The van der Waals surface area contributed by atoms with Crippen LogP contribution in [-0.4, -0.2) is 25.3 Å². The van der Waals surface area contributed by atoms with Crippen LogP contribution in [0.5, 0.6) is 0 Å². The molecular formula is C15H25NO. The quantitative estimate of drug-likeness (QED) is 0.784. The molecule has 0 aliphatic carbocycles. The minimum atomic E-state index is 0.250. The van der Waals surface area contributed by atoms with Gasteiger partial charge in [-0.05, 0) is 44.9 Å². The number of hydrogen-bond acceptors (Lipinski definition) is 2. The first-order chi connectivity index (χ1) is 8.19. The Bertz CT molecular complexity index is 324. The molecular weight excluding hydrogens is 210 g/mol. The summed E-state index contributed by atoms with van der Waals surface area (Å²) in [6, 6.07) is 8.97. The number of rotatable bonds is 7. The normalized spacial score (nSPS) is 14.6. The van der Waals surface area contributed by atoms with Crippen molar-refractivity contribution in [3.63, 3.8) is 0 Å². The molecule has 1 N–H and O–H groups in total. The van der Waals surface area contributed by atoms with Crippen LogP contribution in [0.1, 0.15) is 31.9 Å².